The Bertz CT molecular complexity index is 1120. The molecule has 0 spiro atoms. The van der Waals surface area contributed by atoms with Crippen molar-refractivity contribution in [1.82, 2.24) is 14.8 Å². The summed E-state index contributed by atoms with van der Waals surface area (Å²) in [6.07, 6.45) is 2.35. The van der Waals surface area contributed by atoms with Gasteiger partial charge in [0.05, 0.1) is 5.52 Å². The molecule has 0 amide bonds. The number of hydrogen-bond donors (Lipinski definition) is 2. The molecule has 124 valence electrons. The zero-order valence-electron chi connectivity index (χ0n) is 13.1. The summed E-state index contributed by atoms with van der Waals surface area (Å²) >= 11 is 5.90. The highest BCUT2D eigenvalue weighted by Crippen LogP contribution is 2.24. The number of aromatic amines is 2. The van der Waals surface area contributed by atoms with Crippen molar-refractivity contribution < 1.29 is 4.79 Å². The van der Waals surface area contributed by atoms with Crippen LogP contribution < -0.4 is 5.56 Å². The Kier molecular flexibility index (Phi) is 3.78. The van der Waals surface area contributed by atoms with Crippen LogP contribution in [0.15, 0.2) is 65.6 Å². The first kappa shape index (κ1) is 15.5. The Morgan fingerprint density at radius 2 is 1.80 bits per heavy atom. The quantitative estimate of drug-likeness (QED) is 0.592. The predicted molar refractivity (Wildman–Crippen MR) is 97.3 cm³/mol. The highest BCUT2D eigenvalue weighted by Gasteiger charge is 2.15. The van der Waals surface area contributed by atoms with E-state index in [0.29, 0.717) is 17.0 Å². The van der Waals surface area contributed by atoms with Gasteiger partial charge < -0.3 is 5.10 Å². The second-order valence-corrected chi connectivity index (χ2v) is 6.25. The smallest absolute Gasteiger partial charge is 0.264 e. The maximum atomic E-state index is 12.9. The summed E-state index contributed by atoms with van der Waals surface area (Å²) in [5, 5.41) is 6.95. The Balaban J connectivity index is 1.80. The fourth-order valence-corrected chi connectivity index (χ4v) is 3.09. The first-order valence-corrected chi connectivity index (χ1v) is 8.15. The largest absolute Gasteiger partial charge is 0.302 e. The van der Waals surface area contributed by atoms with Gasteiger partial charge in [-0.3, -0.25) is 19.3 Å². The van der Waals surface area contributed by atoms with E-state index in [4.69, 9.17) is 11.6 Å². The molecule has 2 N–H and O–H groups in total. The van der Waals surface area contributed by atoms with E-state index < -0.39 is 0 Å². The van der Waals surface area contributed by atoms with Crippen molar-refractivity contribution in [2.45, 2.75) is 6.42 Å². The van der Waals surface area contributed by atoms with Gasteiger partial charge in [-0.15, -0.1) is 0 Å². The Hall–Kier alpha value is -3.05. The molecule has 4 rings (SSSR count). The molecule has 6 heteroatoms. The maximum Gasteiger partial charge on any atom is 0.264 e. The summed E-state index contributed by atoms with van der Waals surface area (Å²) in [7, 11) is 0. The molecule has 0 aliphatic carbocycles. The Morgan fingerprint density at radius 3 is 2.52 bits per heavy atom. The van der Waals surface area contributed by atoms with Crippen molar-refractivity contribution in [3.63, 3.8) is 0 Å². The lowest BCUT2D eigenvalue weighted by Gasteiger charge is -2.04. The van der Waals surface area contributed by atoms with E-state index in [0.717, 1.165) is 22.2 Å². The number of halogens is 1. The van der Waals surface area contributed by atoms with Crippen LogP contribution in [0.1, 0.15) is 21.6 Å². The van der Waals surface area contributed by atoms with Gasteiger partial charge in [0.2, 0.25) is 0 Å². The zero-order valence-corrected chi connectivity index (χ0v) is 13.9. The third kappa shape index (κ3) is 2.90. The summed E-state index contributed by atoms with van der Waals surface area (Å²) in [5.41, 5.74) is 2.96. The van der Waals surface area contributed by atoms with E-state index in [1.54, 1.807) is 28.8 Å². The van der Waals surface area contributed by atoms with Crippen LogP contribution in [0.3, 0.4) is 0 Å². The van der Waals surface area contributed by atoms with Crippen LogP contribution in [0.5, 0.6) is 0 Å². The summed E-state index contributed by atoms with van der Waals surface area (Å²) < 4.78 is 1.64. The molecule has 0 saturated carbocycles. The van der Waals surface area contributed by atoms with Gasteiger partial charge in [-0.25, -0.2) is 0 Å². The zero-order chi connectivity index (χ0) is 17.4. The lowest BCUT2D eigenvalue weighted by molar-refractivity contribution is 0.0965. The number of H-pyrrole nitrogens is 2. The molecule has 0 fully saturated rings. The van der Waals surface area contributed by atoms with E-state index in [-0.39, 0.29) is 11.5 Å². The molecule has 2 heterocycles. The molecule has 5 nitrogen and oxygen atoms in total. The van der Waals surface area contributed by atoms with Gasteiger partial charge in [0.1, 0.15) is 0 Å². The molecule has 25 heavy (non-hydrogen) atoms. The number of fused-ring (bicyclic) bond motifs is 1. The van der Waals surface area contributed by atoms with Crippen molar-refractivity contribution in [3.8, 4) is 0 Å². The third-order valence-electron chi connectivity index (χ3n) is 4.14. The molecule has 4 aromatic rings. The average Bonchev–Trinajstić information content (AvgIpc) is 3.19. The van der Waals surface area contributed by atoms with E-state index in [1.807, 2.05) is 30.5 Å². The van der Waals surface area contributed by atoms with Crippen LogP contribution >= 0.6 is 11.6 Å². The molecule has 0 saturated heterocycles. The first-order valence-electron chi connectivity index (χ1n) is 7.77. The van der Waals surface area contributed by atoms with E-state index >= 15 is 0 Å². The lowest BCUT2D eigenvalue weighted by atomic mass is 10.1. The minimum atomic E-state index is -0.170. The van der Waals surface area contributed by atoms with Crippen molar-refractivity contribution in [2.24, 2.45) is 0 Å². The average molecular weight is 352 g/mol. The van der Waals surface area contributed by atoms with Crippen LogP contribution in [0, 0.1) is 0 Å². The van der Waals surface area contributed by atoms with Crippen LogP contribution in [-0.2, 0) is 6.42 Å². The SMILES string of the molecule is O=C(c1ccc(Cl)cc1)n1cc(Cc2cc(=O)[nH][nH]2)c2ccccc21. The minimum absolute atomic E-state index is 0.123. The fourth-order valence-electron chi connectivity index (χ4n) is 2.96. The highest BCUT2D eigenvalue weighted by atomic mass is 35.5. The topological polar surface area (TPSA) is 70.7 Å². The van der Waals surface area contributed by atoms with E-state index in [2.05, 4.69) is 10.2 Å². The number of aromatic nitrogens is 3. The number of nitrogens with zero attached hydrogens (tertiary/aromatic N) is 1. The standard InChI is InChI=1S/C19H14ClN3O2/c20-14-7-5-12(6-8-14)19(25)23-11-13(9-15-10-18(24)22-21-15)16-3-1-2-4-17(16)23/h1-8,10-11H,9H2,(H2,21,22,24). The Morgan fingerprint density at radius 1 is 1.04 bits per heavy atom. The fraction of sp³-hybridized carbons (Fsp3) is 0.0526. The van der Waals surface area contributed by atoms with Crippen molar-refractivity contribution in [3.05, 3.63) is 93.0 Å². The number of carbonyl (C=O) groups is 1. The third-order valence-corrected chi connectivity index (χ3v) is 4.39. The van der Waals surface area contributed by atoms with Crippen molar-refractivity contribution >= 4 is 28.4 Å². The summed E-state index contributed by atoms with van der Waals surface area (Å²) in [6.45, 7) is 0. The maximum absolute atomic E-state index is 12.9. The molecule has 2 aromatic heterocycles. The van der Waals surface area contributed by atoms with Crippen molar-refractivity contribution in [1.29, 1.82) is 0 Å². The van der Waals surface area contributed by atoms with Gasteiger partial charge in [-0.05, 0) is 35.9 Å². The minimum Gasteiger partial charge on any atom is -0.302 e. The normalized spacial score (nSPS) is 11.1. The van der Waals surface area contributed by atoms with Crippen LogP contribution in [0.25, 0.3) is 10.9 Å². The molecule has 0 aliphatic rings. The van der Waals surface area contributed by atoms with Gasteiger partial charge in [-0.2, -0.15) is 0 Å². The first-order chi connectivity index (χ1) is 12.1. The van der Waals surface area contributed by atoms with Crippen LogP contribution in [0.2, 0.25) is 5.02 Å². The summed E-state index contributed by atoms with van der Waals surface area (Å²) in [4.78, 5) is 24.2. The number of rotatable bonds is 3. The Labute approximate surface area is 147 Å². The van der Waals surface area contributed by atoms with Crippen LogP contribution in [0.4, 0.5) is 0 Å². The van der Waals surface area contributed by atoms with Gasteiger partial charge in [0.25, 0.3) is 11.5 Å². The lowest BCUT2D eigenvalue weighted by Crippen LogP contribution is -2.10. The number of para-hydroxylation sites is 1. The van der Waals surface area contributed by atoms with Gasteiger partial charge in [0.15, 0.2) is 0 Å². The monoisotopic (exact) mass is 351 g/mol. The predicted octanol–water partition coefficient (Wildman–Crippen LogP) is 3.59. The molecule has 0 aliphatic heterocycles. The molecular formula is C19H14ClN3O2. The molecule has 0 bridgehead atoms. The number of carbonyl (C=O) groups excluding carboxylic acids is 1. The number of nitrogens with one attached hydrogen (secondary N) is 2. The summed E-state index contributed by atoms with van der Waals surface area (Å²) in [5.74, 6) is -0.123. The highest BCUT2D eigenvalue weighted by molar-refractivity contribution is 6.30. The number of hydrogen-bond acceptors (Lipinski definition) is 2. The molecular weight excluding hydrogens is 338 g/mol. The van der Waals surface area contributed by atoms with E-state index in [1.165, 1.54) is 6.07 Å². The van der Waals surface area contributed by atoms with Gasteiger partial charge in [0, 0.05) is 40.4 Å². The molecule has 2 aromatic carbocycles. The molecule has 0 atom stereocenters. The van der Waals surface area contributed by atoms with E-state index in [9.17, 15) is 9.59 Å². The second kappa shape index (κ2) is 6.11. The number of benzene rings is 2. The van der Waals surface area contributed by atoms with Crippen molar-refractivity contribution in [2.75, 3.05) is 0 Å². The second-order valence-electron chi connectivity index (χ2n) is 5.81. The van der Waals surface area contributed by atoms with Crippen LogP contribution in [-0.4, -0.2) is 20.7 Å². The molecule has 0 unspecified atom stereocenters. The molecule has 0 radical (unpaired) electrons. The van der Waals surface area contributed by atoms with Gasteiger partial charge in [-0.1, -0.05) is 29.8 Å². The summed E-state index contributed by atoms with van der Waals surface area (Å²) in [6, 6.07) is 16.1. The van der Waals surface area contributed by atoms with Gasteiger partial charge >= 0.3 is 0 Å².